The second-order valence-electron chi connectivity index (χ2n) is 10.2. The maximum absolute atomic E-state index is 14.6. The summed E-state index contributed by atoms with van der Waals surface area (Å²) < 4.78 is 5.36. The Labute approximate surface area is 228 Å². The number of methoxy groups -OCH3 is 1. The highest BCUT2D eigenvalue weighted by atomic mass is 16.5. The summed E-state index contributed by atoms with van der Waals surface area (Å²) in [6.45, 7) is 2.04. The number of hydrazone groups is 1. The van der Waals surface area contributed by atoms with E-state index in [1.54, 1.807) is 7.11 Å². The van der Waals surface area contributed by atoms with Gasteiger partial charge in [0.1, 0.15) is 11.2 Å². The van der Waals surface area contributed by atoms with E-state index in [4.69, 9.17) is 9.84 Å². The van der Waals surface area contributed by atoms with E-state index in [1.165, 1.54) is 5.01 Å². The normalized spacial score (nSPS) is 22.5. The van der Waals surface area contributed by atoms with Crippen molar-refractivity contribution in [2.75, 3.05) is 12.1 Å². The number of allylic oxidation sites excluding steroid dienone is 1. The molecule has 2 aliphatic rings. The number of carbonyl (C=O) groups is 1. The van der Waals surface area contributed by atoms with E-state index < -0.39 is 11.5 Å². The minimum Gasteiger partial charge on any atom is -0.497 e. The first-order valence-electron chi connectivity index (χ1n) is 13.2. The molecule has 0 unspecified atom stereocenters. The van der Waals surface area contributed by atoms with Gasteiger partial charge in [-0.15, -0.1) is 0 Å². The number of benzene rings is 4. The lowest BCUT2D eigenvalue weighted by Crippen LogP contribution is -2.52. The number of nitrogens with zero attached hydrogens (tertiary/aromatic N) is 2. The largest absolute Gasteiger partial charge is 0.497 e. The van der Waals surface area contributed by atoms with E-state index in [2.05, 4.69) is 6.08 Å². The van der Waals surface area contributed by atoms with Crippen molar-refractivity contribution in [3.63, 3.8) is 0 Å². The number of amides is 1. The molecule has 4 aromatic rings. The molecule has 0 saturated heterocycles. The second-order valence-corrected chi connectivity index (χ2v) is 10.2. The van der Waals surface area contributed by atoms with Crippen LogP contribution in [0.25, 0.3) is 5.57 Å². The van der Waals surface area contributed by atoms with Crippen molar-refractivity contribution in [2.24, 2.45) is 10.5 Å². The molecule has 1 spiro atoms. The van der Waals surface area contributed by atoms with Gasteiger partial charge in [0.15, 0.2) is 0 Å². The van der Waals surface area contributed by atoms with Gasteiger partial charge >= 0.3 is 0 Å². The van der Waals surface area contributed by atoms with Crippen molar-refractivity contribution >= 4 is 22.9 Å². The molecule has 0 fully saturated rings. The SMILES string of the molecule is COc1ccc([C@H]2C=C(c3ccc(C)cc3)[C@@]3(C(=O)N(c4ccccc4)N=C3c3ccccc3)[C@@H](O)C2)cc1. The third-order valence-electron chi connectivity index (χ3n) is 7.83. The number of anilines is 1. The molecular formula is C34H30N2O3. The summed E-state index contributed by atoms with van der Waals surface area (Å²) in [7, 11) is 1.65. The van der Waals surface area contributed by atoms with Gasteiger partial charge in [-0.25, -0.2) is 0 Å². The number of hydrogen-bond donors (Lipinski definition) is 1. The fourth-order valence-electron chi connectivity index (χ4n) is 5.80. The molecule has 0 saturated carbocycles. The Kier molecular flexibility index (Phi) is 6.37. The summed E-state index contributed by atoms with van der Waals surface area (Å²) in [5, 5.41) is 18.5. The van der Waals surface area contributed by atoms with Crippen molar-refractivity contribution in [3.05, 3.63) is 138 Å². The first kappa shape index (κ1) is 24.8. The molecule has 1 N–H and O–H groups in total. The molecule has 0 aromatic heterocycles. The molecule has 1 amide bonds. The van der Waals surface area contributed by atoms with Crippen molar-refractivity contribution in [3.8, 4) is 5.75 Å². The van der Waals surface area contributed by atoms with Crippen LogP contribution in [0, 0.1) is 12.3 Å². The molecule has 1 heterocycles. The molecular weight excluding hydrogens is 484 g/mol. The smallest absolute Gasteiger partial charge is 0.266 e. The third-order valence-corrected chi connectivity index (χ3v) is 7.83. The van der Waals surface area contributed by atoms with E-state index >= 15 is 0 Å². The van der Waals surface area contributed by atoms with Gasteiger partial charge in [0.2, 0.25) is 0 Å². The van der Waals surface area contributed by atoms with Gasteiger partial charge in [-0.1, -0.05) is 96.6 Å². The number of aliphatic hydroxyl groups excluding tert-OH is 1. The first-order valence-corrected chi connectivity index (χ1v) is 13.2. The Morgan fingerprint density at radius 2 is 1.49 bits per heavy atom. The van der Waals surface area contributed by atoms with Crippen LogP contribution in [-0.4, -0.2) is 29.9 Å². The van der Waals surface area contributed by atoms with Crippen LogP contribution in [0.15, 0.2) is 120 Å². The molecule has 194 valence electrons. The lowest BCUT2D eigenvalue weighted by molar-refractivity contribution is -0.125. The molecule has 6 rings (SSSR count). The second kappa shape index (κ2) is 10.0. The highest BCUT2D eigenvalue weighted by molar-refractivity contribution is 6.32. The summed E-state index contributed by atoms with van der Waals surface area (Å²) in [5.74, 6) is 0.431. The molecule has 5 heteroatoms. The van der Waals surface area contributed by atoms with Crippen LogP contribution in [0.1, 0.15) is 34.6 Å². The minimum absolute atomic E-state index is 0.0940. The molecule has 1 aliphatic heterocycles. The summed E-state index contributed by atoms with van der Waals surface area (Å²) in [5.41, 5.74) is 4.51. The Morgan fingerprint density at radius 1 is 0.846 bits per heavy atom. The van der Waals surface area contributed by atoms with E-state index in [1.807, 2.05) is 116 Å². The van der Waals surface area contributed by atoms with Crippen LogP contribution < -0.4 is 9.75 Å². The van der Waals surface area contributed by atoms with Gasteiger partial charge < -0.3 is 9.84 Å². The lowest BCUT2D eigenvalue weighted by Gasteiger charge is -2.41. The Balaban J connectivity index is 1.59. The van der Waals surface area contributed by atoms with Crippen molar-refractivity contribution < 1.29 is 14.6 Å². The third kappa shape index (κ3) is 4.16. The van der Waals surface area contributed by atoms with Crippen molar-refractivity contribution in [1.29, 1.82) is 0 Å². The van der Waals surface area contributed by atoms with Crippen LogP contribution in [0.2, 0.25) is 0 Å². The summed E-state index contributed by atoms with van der Waals surface area (Å²) in [4.78, 5) is 14.6. The van der Waals surface area contributed by atoms with Crippen LogP contribution >= 0.6 is 0 Å². The van der Waals surface area contributed by atoms with Gasteiger partial charge in [0.05, 0.1) is 24.6 Å². The standard InChI is InChI=1S/C34H30N2O3/c1-23-13-15-25(16-14-23)30-21-27(24-17-19-29(39-2)20-18-24)22-31(37)34(30)32(26-9-5-3-6-10-26)35-36(33(34)38)28-11-7-4-8-12-28/h3-21,27,31,37H,22H2,1-2H3/t27-,31-,34+/m0/s1. The maximum Gasteiger partial charge on any atom is 0.266 e. The Morgan fingerprint density at radius 3 is 2.13 bits per heavy atom. The monoisotopic (exact) mass is 514 g/mol. The van der Waals surface area contributed by atoms with Crippen LogP contribution in [0.5, 0.6) is 5.75 Å². The van der Waals surface area contributed by atoms with Crippen LogP contribution in [0.3, 0.4) is 0 Å². The van der Waals surface area contributed by atoms with Gasteiger partial charge in [-0.3, -0.25) is 4.79 Å². The number of carbonyl (C=O) groups excluding carboxylic acids is 1. The molecule has 0 bridgehead atoms. The maximum atomic E-state index is 14.6. The minimum atomic E-state index is -1.37. The van der Waals surface area contributed by atoms with E-state index in [0.29, 0.717) is 17.8 Å². The van der Waals surface area contributed by atoms with Crippen molar-refractivity contribution in [1.82, 2.24) is 0 Å². The predicted molar refractivity (Wildman–Crippen MR) is 155 cm³/mol. The van der Waals surface area contributed by atoms with E-state index in [0.717, 1.165) is 33.6 Å². The molecule has 0 radical (unpaired) electrons. The number of ether oxygens (including phenoxy) is 1. The quantitative estimate of drug-likeness (QED) is 0.337. The summed E-state index contributed by atoms with van der Waals surface area (Å²) in [6, 6.07) is 35.2. The van der Waals surface area contributed by atoms with Crippen molar-refractivity contribution in [2.45, 2.75) is 25.4 Å². The molecule has 39 heavy (non-hydrogen) atoms. The Hall–Kier alpha value is -4.48. The number of para-hydroxylation sites is 1. The number of aliphatic hydroxyl groups is 1. The predicted octanol–water partition coefficient (Wildman–Crippen LogP) is 6.37. The topological polar surface area (TPSA) is 62.1 Å². The Bertz CT molecular complexity index is 1540. The number of hydrogen-bond acceptors (Lipinski definition) is 4. The summed E-state index contributed by atoms with van der Waals surface area (Å²) in [6.07, 6.45) is 1.53. The average Bonchev–Trinajstić information content (AvgIpc) is 3.29. The fraction of sp³-hybridized carbons (Fsp3) is 0.176. The molecule has 4 aromatic carbocycles. The number of rotatable bonds is 5. The fourth-order valence-corrected chi connectivity index (χ4v) is 5.80. The van der Waals surface area contributed by atoms with Crippen LogP contribution in [-0.2, 0) is 4.79 Å². The molecule has 1 aliphatic carbocycles. The molecule has 3 atom stereocenters. The molecule has 5 nitrogen and oxygen atoms in total. The first-order chi connectivity index (χ1) is 19.0. The highest BCUT2D eigenvalue weighted by Gasteiger charge is 2.61. The highest BCUT2D eigenvalue weighted by Crippen LogP contribution is 2.53. The van der Waals surface area contributed by atoms with Gasteiger partial charge in [-0.2, -0.15) is 10.1 Å². The van der Waals surface area contributed by atoms with E-state index in [9.17, 15) is 9.90 Å². The van der Waals surface area contributed by atoms with Gasteiger partial charge in [0, 0.05) is 5.92 Å². The number of aryl methyl sites for hydroxylation is 1. The van der Waals surface area contributed by atoms with Gasteiger partial charge in [0.25, 0.3) is 5.91 Å². The zero-order chi connectivity index (χ0) is 27.0. The van der Waals surface area contributed by atoms with Crippen LogP contribution in [0.4, 0.5) is 5.69 Å². The average molecular weight is 515 g/mol. The zero-order valence-electron chi connectivity index (χ0n) is 22.0. The van der Waals surface area contributed by atoms with Gasteiger partial charge in [-0.05, 0) is 59.9 Å². The zero-order valence-corrected chi connectivity index (χ0v) is 22.0. The lowest BCUT2D eigenvalue weighted by atomic mass is 9.61. The summed E-state index contributed by atoms with van der Waals surface area (Å²) >= 11 is 0. The van der Waals surface area contributed by atoms with E-state index in [-0.39, 0.29) is 11.8 Å².